The molecule has 0 radical (unpaired) electrons. The Balaban J connectivity index is 4.09. The molecule has 0 amide bonds. The number of carbonyl (C=O) groups is 2. The molecule has 0 heterocycles. The first-order valence-corrected chi connectivity index (χ1v) is 19.0. The Morgan fingerprint density at radius 2 is 1.07 bits per heavy atom. The molecular formula is C36H63O8P. The summed E-state index contributed by atoms with van der Waals surface area (Å²) in [6.07, 6.45) is 36.9. The van der Waals surface area contributed by atoms with Crippen LogP contribution in [0, 0.1) is 0 Å². The van der Waals surface area contributed by atoms with Crippen LogP contribution in [0.1, 0.15) is 149 Å². The molecule has 0 saturated heterocycles. The Bertz CT molecular complexity index is 874. The predicted molar refractivity (Wildman–Crippen MR) is 184 cm³/mol. The molecule has 0 aliphatic heterocycles. The molecule has 0 fully saturated rings. The second-order valence-electron chi connectivity index (χ2n) is 11.5. The van der Waals surface area contributed by atoms with Gasteiger partial charge < -0.3 is 19.3 Å². The number of phosphoric acid groups is 1. The summed E-state index contributed by atoms with van der Waals surface area (Å²) in [7, 11) is -4.76. The van der Waals surface area contributed by atoms with Crippen molar-refractivity contribution >= 4 is 19.8 Å². The largest absolute Gasteiger partial charge is 0.469 e. The standard InChI is InChI=1S/C36H63O8P/c1-3-5-7-9-11-13-15-17-18-19-21-23-25-27-29-31-36(38)44-34(33-43-45(39,40)41)32-42-35(37)30-28-26-24-22-20-16-14-12-10-8-6-4-2/h5,7,11,13,17-18,21,23,34H,3-4,6,8-10,12,14-16,19-20,22,24-33H2,1-2H3,(H2,39,40,41)/b7-5-,13-11-,18-17-,23-21-/t34-/m1/s1. The summed E-state index contributed by atoms with van der Waals surface area (Å²) in [5.74, 6) is -0.936. The number of hydrogen-bond acceptors (Lipinski definition) is 6. The first-order valence-electron chi connectivity index (χ1n) is 17.4. The summed E-state index contributed by atoms with van der Waals surface area (Å²) in [5.41, 5.74) is 0. The maximum Gasteiger partial charge on any atom is 0.469 e. The van der Waals surface area contributed by atoms with Gasteiger partial charge in [-0.2, -0.15) is 0 Å². The Morgan fingerprint density at radius 1 is 0.600 bits per heavy atom. The molecule has 1 atom stereocenters. The summed E-state index contributed by atoms with van der Waals surface area (Å²) in [4.78, 5) is 42.5. The van der Waals surface area contributed by atoms with Crippen LogP contribution >= 0.6 is 7.82 Å². The van der Waals surface area contributed by atoms with Crippen LogP contribution in [0.25, 0.3) is 0 Å². The maximum absolute atomic E-state index is 12.3. The highest BCUT2D eigenvalue weighted by Crippen LogP contribution is 2.35. The molecule has 0 aliphatic rings. The van der Waals surface area contributed by atoms with Crippen LogP contribution in [0.4, 0.5) is 0 Å². The SMILES string of the molecule is CC/C=C\C/C=C\C/C=C\C/C=C\CCCCC(=O)O[C@H](COC(=O)CCCCCCCCCCCCCC)COP(=O)(O)O. The number of rotatable bonds is 31. The highest BCUT2D eigenvalue weighted by atomic mass is 31.2. The van der Waals surface area contributed by atoms with Crippen LogP contribution in [-0.4, -0.2) is 41.0 Å². The van der Waals surface area contributed by atoms with E-state index in [1.807, 2.05) is 0 Å². The third-order valence-electron chi connectivity index (χ3n) is 7.11. The zero-order valence-corrected chi connectivity index (χ0v) is 29.1. The molecule has 2 N–H and O–H groups in total. The Morgan fingerprint density at radius 3 is 1.60 bits per heavy atom. The summed E-state index contributed by atoms with van der Waals surface area (Å²) in [6, 6.07) is 0. The molecule has 0 aromatic carbocycles. The second-order valence-corrected chi connectivity index (χ2v) is 12.7. The van der Waals surface area contributed by atoms with Gasteiger partial charge in [-0.05, 0) is 51.4 Å². The third kappa shape index (κ3) is 34.7. The van der Waals surface area contributed by atoms with E-state index in [0.29, 0.717) is 6.42 Å². The number of phosphoric ester groups is 1. The molecule has 45 heavy (non-hydrogen) atoms. The van der Waals surface area contributed by atoms with Gasteiger partial charge in [0.15, 0.2) is 6.10 Å². The quantitative estimate of drug-likeness (QED) is 0.0328. The van der Waals surface area contributed by atoms with Crippen molar-refractivity contribution in [3.63, 3.8) is 0 Å². The molecule has 8 nitrogen and oxygen atoms in total. The first kappa shape index (κ1) is 43.0. The zero-order chi connectivity index (χ0) is 33.3. The molecule has 0 unspecified atom stereocenters. The highest BCUT2D eigenvalue weighted by Gasteiger charge is 2.22. The minimum absolute atomic E-state index is 0.159. The van der Waals surface area contributed by atoms with Crippen molar-refractivity contribution in [1.82, 2.24) is 0 Å². The van der Waals surface area contributed by atoms with Crippen molar-refractivity contribution in [2.75, 3.05) is 13.2 Å². The zero-order valence-electron chi connectivity index (χ0n) is 28.3. The molecule has 0 saturated carbocycles. The van der Waals surface area contributed by atoms with Crippen molar-refractivity contribution in [2.45, 2.75) is 155 Å². The van der Waals surface area contributed by atoms with Gasteiger partial charge in [0.1, 0.15) is 6.61 Å². The lowest BCUT2D eigenvalue weighted by atomic mass is 10.0. The highest BCUT2D eigenvalue weighted by molar-refractivity contribution is 7.46. The summed E-state index contributed by atoms with van der Waals surface area (Å²) < 4.78 is 26.2. The lowest BCUT2D eigenvalue weighted by Crippen LogP contribution is -2.29. The molecule has 0 rings (SSSR count). The molecule has 0 spiro atoms. The summed E-state index contributed by atoms with van der Waals surface area (Å²) in [5, 5.41) is 0. The average molecular weight is 655 g/mol. The lowest BCUT2D eigenvalue weighted by molar-refractivity contribution is -0.161. The van der Waals surface area contributed by atoms with E-state index in [1.54, 1.807) is 0 Å². The van der Waals surface area contributed by atoms with Gasteiger partial charge in [0.25, 0.3) is 0 Å². The summed E-state index contributed by atoms with van der Waals surface area (Å²) in [6.45, 7) is 3.51. The molecule has 0 aromatic rings. The van der Waals surface area contributed by atoms with Gasteiger partial charge in [0.05, 0.1) is 6.61 Å². The Labute approximate surface area is 274 Å². The molecular weight excluding hydrogens is 591 g/mol. The predicted octanol–water partition coefficient (Wildman–Crippen LogP) is 10.0. The minimum Gasteiger partial charge on any atom is -0.462 e. The molecule has 9 heteroatoms. The second kappa shape index (κ2) is 32.0. The van der Waals surface area contributed by atoms with Gasteiger partial charge in [-0.1, -0.05) is 133 Å². The Hall–Kier alpha value is -1.99. The first-order chi connectivity index (χ1) is 21.8. The third-order valence-corrected chi connectivity index (χ3v) is 7.60. The minimum atomic E-state index is -4.76. The average Bonchev–Trinajstić information content (AvgIpc) is 3.00. The van der Waals surface area contributed by atoms with Gasteiger partial charge in [-0.3, -0.25) is 14.1 Å². The fourth-order valence-electron chi connectivity index (χ4n) is 4.54. The van der Waals surface area contributed by atoms with Crippen LogP contribution < -0.4 is 0 Å². The van der Waals surface area contributed by atoms with Crippen LogP contribution in [0.5, 0.6) is 0 Å². The Kier molecular flexibility index (Phi) is 30.6. The monoisotopic (exact) mass is 654 g/mol. The molecule has 0 bridgehead atoms. The topological polar surface area (TPSA) is 119 Å². The number of allylic oxidation sites excluding steroid dienone is 8. The number of carbonyl (C=O) groups excluding carboxylic acids is 2. The number of ether oxygens (including phenoxy) is 2. The van der Waals surface area contributed by atoms with E-state index in [0.717, 1.165) is 57.8 Å². The van der Waals surface area contributed by atoms with E-state index in [1.165, 1.54) is 57.8 Å². The fraction of sp³-hybridized carbons (Fsp3) is 0.722. The van der Waals surface area contributed by atoms with Crippen LogP contribution in [0.3, 0.4) is 0 Å². The van der Waals surface area contributed by atoms with E-state index in [4.69, 9.17) is 19.3 Å². The fourth-order valence-corrected chi connectivity index (χ4v) is 4.90. The van der Waals surface area contributed by atoms with Gasteiger partial charge >= 0.3 is 19.8 Å². The van der Waals surface area contributed by atoms with Crippen LogP contribution in [0.15, 0.2) is 48.6 Å². The van der Waals surface area contributed by atoms with Gasteiger partial charge in [-0.15, -0.1) is 0 Å². The van der Waals surface area contributed by atoms with E-state index in [9.17, 15) is 14.2 Å². The normalized spacial score (nSPS) is 13.1. The smallest absolute Gasteiger partial charge is 0.462 e. The van der Waals surface area contributed by atoms with E-state index in [-0.39, 0.29) is 19.4 Å². The number of esters is 2. The van der Waals surface area contributed by atoms with Crippen molar-refractivity contribution < 1.29 is 37.9 Å². The van der Waals surface area contributed by atoms with Crippen LogP contribution in [0.2, 0.25) is 0 Å². The lowest BCUT2D eigenvalue weighted by Gasteiger charge is -2.18. The summed E-state index contributed by atoms with van der Waals surface area (Å²) >= 11 is 0. The van der Waals surface area contributed by atoms with Gasteiger partial charge in [0, 0.05) is 12.8 Å². The van der Waals surface area contributed by atoms with E-state index in [2.05, 4.69) is 67.0 Å². The van der Waals surface area contributed by atoms with Crippen molar-refractivity contribution in [1.29, 1.82) is 0 Å². The number of unbranched alkanes of at least 4 members (excludes halogenated alkanes) is 13. The van der Waals surface area contributed by atoms with E-state index < -0.39 is 32.5 Å². The molecule has 260 valence electrons. The number of hydrogen-bond donors (Lipinski definition) is 2. The van der Waals surface area contributed by atoms with E-state index >= 15 is 0 Å². The van der Waals surface area contributed by atoms with Gasteiger partial charge in [0.2, 0.25) is 0 Å². The van der Waals surface area contributed by atoms with Crippen LogP contribution in [-0.2, 0) is 28.2 Å². The van der Waals surface area contributed by atoms with Crippen molar-refractivity contribution in [3.8, 4) is 0 Å². The van der Waals surface area contributed by atoms with Gasteiger partial charge in [-0.25, -0.2) is 4.57 Å². The molecule has 0 aliphatic carbocycles. The molecule has 0 aromatic heterocycles. The van der Waals surface area contributed by atoms with Crippen molar-refractivity contribution in [3.05, 3.63) is 48.6 Å². The maximum atomic E-state index is 12.3. The van der Waals surface area contributed by atoms with Crippen molar-refractivity contribution in [2.24, 2.45) is 0 Å².